The van der Waals surface area contributed by atoms with Crippen molar-refractivity contribution in [1.82, 2.24) is 0 Å². The second kappa shape index (κ2) is 58.7. The first-order valence-electron chi connectivity index (χ1n) is 32.8. The first-order chi connectivity index (χ1) is 35.3. The van der Waals surface area contributed by atoms with Crippen LogP contribution in [-0.4, -0.2) is 37.2 Å². The number of carbonyl (C=O) groups excluding carboxylic acids is 3. The Labute approximate surface area is 450 Å². The van der Waals surface area contributed by atoms with Gasteiger partial charge < -0.3 is 14.2 Å². The molecule has 0 aliphatic heterocycles. The maximum Gasteiger partial charge on any atom is 0.306 e. The summed E-state index contributed by atoms with van der Waals surface area (Å²) in [5, 5.41) is 0. The lowest BCUT2D eigenvalue weighted by Crippen LogP contribution is -2.30. The predicted molar refractivity (Wildman–Crippen MR) is 312 cm³/mol. The summed E-state index contributed by atoms with van der Waals surface area (Å²) in [6.45, 7) is 11.5. The van der Waals surface area contributed by atoms with Gasteiger partial charge in [0.15, 0.2) is 6.10 Å². The van der Waals surface area contributed by atoms with E-state index < -0.39 is 6.10 Å². The van der Waals surface area contributed by atoms with E-state index in [0.717, 1.165) is 69.6 Å². The van der Waals surface area contributed by atoms with Crippen LogP contribution < -0.4 is 0 Å². The highest BCUT2D eigenvalue weighted by Gasteiger charge is 2.19. The van der Waals surface area contributed by atoms with Gasteiger partial charge in [-0.1, -0.05) is 336 Å². The third-order valence-electron chi connectivity index (χ3n) is 15.6. The minimum atomic E-state index is -0.764. The van der Waals surface area contributed by atoms with Crippen molar-refractivity contribution in [3.05, 3.63) is 0 Å². The topological polar surface area (TPSA) is 78.9 Å². The van der Waals surface area contributed by atoms with Crippen molar-refractivity contribution in [1.29, 1.82) is 0 Å². The lowest BCUT2D eigenvalue weighted by Gasteiger charge is -2.18. The van der Waals surface area contributed by atoms with E-state index in [1.165, 1.54) is 263 Å². The fourth-order valence-corrected chi connectivity index (χ4v) is 10.3. The van der Waals surface area contributed by atoms with Crippen LogP contribution in [0.15, 0.2) is 0 Å². The number of hydrogen-bond acceptors (Lipinski definition) is 6. The van der Waals surface area contributed by atoms with Gasteiger partial charge in [0.05, 0.1) is 0 Å². The third-order valence-corrected chi connectivity index (χ3v) is 15.6. The van der Waals surface area contributed by atoms with Crippen molar-refractivity contribution >= 4 is 17.9 Å². The van der Waals surface area contributed by atoms with Crippen LogP contribution in [0.2, 0.25) is 0 Å². The minimum Gasteiger partial charge on any atom is -0.462 e. The summed E-state index contributed by atoms with van der Waals surface area (Å²) in [6.07, 6.45) is 65.3. The molecule has 0 aliphatic carbocycles. The van der Waals surface area contributed by atoms with Crippen LogP contribution in [-0.2, 0) is 28.6 Å². The molecule has 6 nitrogen and oxygen atoms in total. The SMILES string of the molecule is CCCCCCCCCCCCCCCCCCCCC(=O)O[C@@H](COC(=O)CCCCCCCCCCCCCCCCCCCCC(C)CC)COC(=O)CCCCCCCCCCCCCC(C)C. The number of hydrogen-bond donors (Lipinski definition) is 0. The van der Waals surface area contributed by atoms with Crippen LogP contribution in [0.5, 0.6) is 0 Å². The van der Waals surface area contributed by atoms with Crippen molar-refractivity contribution in [3.63, 3.8) is 0 Å². The van der Waals surface area contributed by atoms with Crippen LogP contribution in [0.25, 0.3) is 0 Å². The van der Waals surface area contributed by atoms with Crippen molar-refractivity contribution in [2.24, 2.45) is 11.8 Å². The van der Waals surface area contributed by atoms with Crippen LogP contribution in [0.1, 0.15) is 375 Å². The average molecular weight is 1020 g/mol. The van der Waals surface area contributed by atoms with Crippen LogP contribution in [0.4, 0.5) is 0 Å². The van der Waals surface area contributed by atoms with Gasteiger partial charge in [0, 0.05) is 19.3 Å². The molecular weight excluding hydrogens is 889 g/mol. The molecule has 72 heavy (non-hydrogen) atoms. The molecule has 6 heteroatoms. The molecule has 1 unspecified atom stereocenters. The largest absolute Gasteiger partial charge is 0.462 e. The van der Waals surface area contributed by atoms with Gasteiger partial charge >= 0.3 is 17.9 Å². The lowest BCUT2D eigenvalue weighted by molar-refractivity contribution is -0.167. The number of esters is 3. The Bertz CT molecular complexity index is 1110. The number of unbranched alkanes of at least 4 members (excludes halogenated alkanes) is 44. The monoisotopic (exact) mass is 1020 g/mol. The first-order valence-corrected chi connectivity index (χ1v) is 32.8. The minimum absolute atomic E-state index is 0.0618. The third kappa shape index (κ3) is 57.7. The van der Waals surface area contributed by atoms with E-state index in [0.29, 0.717) is 19.3 Å². The molecule has 0 saturated heterocycles. The van der Waals surface area contributed by atoms with E-state index >= 15 is 0 Å². The molecule has 0 N–H and O–H groups in total. The van der Waals surface area contributed by atoms with Gasteiger partial charge in [-0.15, -0.1) is 0 Å². The van der Waals surface area contributed by atoms with Crippen molar-refractivity contribution in [3.8, 4) is 0 Å². The molecule has 0 bridgehead atoms. The van der Waals surface area contributed by atoms with Crippen LogP contribution in [0.3, 0.4) is 0 Å². The quantitative estimate of drug-likeness (QED) is 0.0343. The van der Waals surface area contributed by atoms with Crippen molar-refractivity contribution in [2.45, 2.75) is 381 Å². The van der Waals surface area contributed by atoms with Gasteiger partial charge in [-0.3, -0.25) is 14.4 Å². The maximum atomic E-state index is 12.9. The fourth-order valence-electron chi connectivity index (χ4n) is 10.3. The van der Waals surface area contributed by atoms with E-state index in [4.69, 9.17) is 14.2 Å². The van der Waals surface area contributed by atoms with E-state index in [1.807, 2.05) is 0 Å². The Morgan fingerprint density at radius 3 is 0.792 bits per heavy atom. The highest BCUT2D eigenvalue weighted by Crippen LogP contribution is 2.19. The van der Waals surface area contributed by atoms with Crippen LogP contribution in [0, 0.1) is 11.8 Å². The molecular formula is C66H128O6. The molecule has 0 saturated carbocycles. The summed E-state index contributed by atoms with van der Waals surface area (Å²) in [4.78, 5) is 38.3. The number of carbonyl (C=O) groups is 3. The molecule has 0 spiro atoms. The highest BCUT2D eigenvalue weighted by molar-refractivity contribution is 5.71. The van der Waals surface area contributed by atoms with Gasteiger partial charge in [0.2, 0.25) is 0 Å². The molecule has 0 amide bonds. The Balaban J connectivity index is 4.25. The van der Waals surface area contributed by atoms with E-state index in [1.54, 1.807) is 0 Å². The zero-order valence-corrected chi connectivity index (χ0v) is 49.6. The van der Waals surface area contributed by atoms with Crippen molar-refractivity contribution < 1.29 is 28.6 Å². The van der Waals surface area contributed by atoms with Gasteiger partial charge in [-0.2, -0.15) is 0 Å². The van der Waals surface area contributed by atoms with Gasteiger partial charge in [0.25, 0.3) is 0 Å². The van der Waals surface area contributed by atoms with Gasteiger partial charge in [0.1, 0.15) is 13.2 Å². The second-order valence-electron chi connectivity index (χ2n) is 23.5. The second-order valence-corrected chi connectivity index (χ2v) is 23.5. The molecule has 0 fully saturated rings. The molecule has 0 radical (unpaired) electrons. The first kappa shape index (κ1) is 70.4. The Hall–Kier alpha value is -1.59. The van der Waals surface area contributed by atoms with Gasteiger partial charge in [-0.05, 0) is 31.1 Å². The lowest BCUT2D eigenvalue weighted by atomic mass is 9.99. The molecule has 0 aromatic carbocycles. The maximum absolute atomic E-state index is 12.9. The Morgan fingerprint density at radius 1 is 0.292 bits per heavy atom. The molecule has 0 aliphatic rings. The van der Waals surface area contributed by atoms with E-state index in [2.05, 4.69) is 34.6 Å². The summed E-state index contributed by atoms with van der Waals surface area (Å²) in [7, 11) is 0. The summed E-state index contributed by atoms with van der Waals surface area (Å²) in [5.74, 6) is 0.906. The summed E-state index contributed by atoms with van der Waals surface area (Å²) in [6, 6.07) is 0. The van der Waals surface area contributed by atoms with Crippen molar-refractivity contribution in [2.75, 3.05) is 13.2 Å². The summed E-state index contributed by atoms with van der Waals surface area (Å²) < 4.78 is 17.0. The molecule has 428 valence electrons. The average Bonchev–Trinajstić information content (AvgIpc) is 3.37. The zero-order chi connectivity index (χ0) is 52.5. The molecule has 0 aromatic heterocycles. The summed E-state index contributed by atoms with van der Waals surface area (Å²) >= 11 is 0. The van der Waals surface area contributed by atoms with Gasteiger partial charge in [-0.25, -0.2) is 0 Å². The number of rotatable bonds is 60. The molecule has 0 rings (SSSR count). The van der Waals surface area contributed by atoms with E-state index in [-0.39, 0.29) is 31.1 Å². The highest BCUT2D eigenvalue weighted by atomic mass is 16.6. The molecule has 0 heterocycles. The Kier molecular flexibility index (Phi) is 57.4. The predicted octanol–water partition coefficient (Wildman–Crippen LogP) is 22.0. The summed E-state index contributed by atoms with van der Waals surface area (Å²) in [5.41, 5.74) is 0. The van der Waals surface area contributed by atoms with E-state index in [9.17, 15) is 14.4 Å². The zero-order valence-electron chi connectivity index (χ0n) is 49.6. The molecule has 0 aromatic rings. The number of ether oxygens (including phenoxy) is 3. The smallest absolute Gasteiger partial charge is 0.306 e. The fraction of sp³-hybridized carbons (Fsp3) is 0.955. The van der Waals surface area contributed by atoms with Crippen LogP contribution >= 0.6 is 0 Å². The Morgan fingerprint density at radius 2 is 0.528 bits per heavy atom. The molecule has 2 atom stereocenters. The normalized spacial score (nSPS) is 12.4. The standard InChI is InChI=1S/C66H128O6/c1-6-8-9-10-11-12-13-14-15-16-20-24-27-32-38-43-48-53-58-66(69)72-63(60-71-65(68)57-52-47-42-37-33-28-29-34-39-44-49-54-61(3)4)59-70-64(67)56-51-46-41-36-31-26-23-21-18-17-19-22-25-30-35-40-45-50-55-62(5)7-2/h61-63H,6-60H2,1-5H3/t62?,63-/m0/s1.